The molecule has 0 aromatic heterocycles. The average Bonchev–Trinajstić information content (AvgIpc) is 2.30. The fourth-order valence-electron chi connectivity index (χ4n) is 1.08. The Morgan fingerprint density at radius 3 is 2.62 bits per heavy atom. The van der Waals surface area contributed by atoms with Crippen molar-refractivity contribution >= 4 is 6.09 Å². The summed E-state index contributed by atoms with van der Waals surface area (Å²) in [6.45, 7) is 0.202. The molecule has 0 bridgehead atoms. The van der Waals surface area contributed by atoms with Gasteiger partial charge in [0.25, 0.3) is 0 Å². The van der Waals surface area contributed by atoms with E-state index in [1.165, 1.54) is 12.0 Å². The highest BCUT2D eigenvalue weighted by Gasteiger charge is 2.12. The van der Waals surface area contributed by atoms with Gasteiger partial charge in [-0.25, -0.2) is 4.79 Å². The third-order valence-corrected chi connectivity index (χ3v) is 1.91. The molecule has 1 amide bonds. The van der Waals surface area contributed by atoms with E-state index in [4.69, 9.17) is 15.9 Å². The summed E-state index contributed by atoms with van der Waals surface area (Å²) in [6, 6.07) is 6.91. The molecule has 0 radical (unpaired) electrons. The summed E-state index contributed by atoms with van der Waals surface area (Å²) >= 11 is 0. The maximum absolute atomic E-state index is 11.5. The Morgan fingerprint density at radius 2 is 2.06 bits per heavy atom. The second kappa shape index (κ2) is 5.66. The molecule has 0 unspecified atom stereocenters. The first-order chi connectivity index (χ1) is 7.69. The summed E-state index contributed by atoms with van der Waals surface area (Å²) in [5, 5.41) is 0. The van der Waals surface area contributed by atoms with Crippen molar-refractivity contribution in [1.82, 2.24) is 4.90 Å². The molecule has 0 fully saturated rings. The first kappa shape index (κ1) is 11.9. The van der Waals surface area contributed by atoms with Crippen LogP contribution < -0.4 is 9.47 Å². The van der Waals surface area contributed by atoms with Crippen molar-refractivity contribution in [2.45, 2.75) is 0 Å². The third kappa shape index (κ3) is 2.92. The van der Waals surface area contributed by atoms with Gasteiger partial charge in [-0.1, -0.05) is 18.1 Å². The van der Waals surface area contributed by atoms with Crippen LogP contribution in [0.1, 0.15) is 0 Å². The second-order valence-corrected chi connectivity index (χ2v) is 3.08. The SMILES string of the molecule is C#CCN(C)C(=O)Oc1ccccc1OC. The highest BCUT2D eigenvalue weighted by Crippen LogP contribution is 2.26. The molecule has 4 nitrogen and oxygen atoms in total. The average molecular weight is 219 g/mol. The van der Waals surface area contributed by atoms with Gasteiger partial charge in [-0.05, 0) is 12.1 Å². The number of methoxy groups -OCH3 is 1. The lowest BCUT2D eigenvalue weighted by Gasteiger charge is -2.14. The number of amides is 1. The van der Waals surface area contributed by atoms with Crippen LogP contribution in [-0.2, 0) is 0 Å². The van der Waals surface area contributed by atoms with Crippen molar-refractivity contribution in [2.75, 3.05) is 20.7 Å². The fourth-order valence-corrected chi connectivity index (χ4v) is 1.08. The van der Waals surface area contributed by atoms with Crippen molar-refractivity contribution in [1.29, 1.82) is 0 Å². The minimum absolute atomic E-state index is 0.202. The van der Waals surface area contributed by atoms with E-state index in [0.29, 0.717) is 11.5 Å². The maximum Gasteiger partial charge on any atom is 0.415 e. The summed E-state index contributed by atoms with van der Waals surface area (Å²) in [4.78, 5) is 12.8. The quantitative estimate of drug-likeness (QED) is 0.727. The number of rotatable bonds is 3. The molecule has 0 aliphatic carbocycles. The minimum atomic E-state index is -0.512. The molecule has 16 heavy (non-hydrogen) atoms. The van der Waals surface area contributed by atoms with E-state index in [1.807, 2.05) is 0 Å². The molecule has 0 saturated carbocycles. The summed E-state index contributed by atoms with van der Waals surface area (Å²) in [7, 11) is 3.08. The number of terminal acetylenes is 1. The zero-order valence-electron chi connectivity index (χ0n) is 9.27. The van der Waals surface area contributed by atoms with Gasteiger partial charge in [0.15, 0.2) is 11.5 Å². The molecular formula is C12H13NO3. The molecule has 0 aliphatic heterocycles. The van der Waals surface area contributed by atoms with E-state index in [-0.39, 0.29) is 6.54 Å². The predicted molar refractivity (Wildman–Crippen MR) is 60.5 cm³/mol. The highest BCUT2D eigenvalue weighted by molar-refractivity contribution is 5.71. The minimum Gasteiger partial charge on any atom is -0.493 e. The summed E-state index contributed by atoms with van der Waals surface area (Å²) in [5.41, 5.74) is 0. The molecule has 0 atom stereocenters. The van der Waals surface area contributed by atoms with E-state index in [0.717, 1.165) is 0 Å². The standard InChI is InChI=1S/C12H13NO3/c1-4-9-13(2)12(14)16-11-8-6-5-7-10(11)15-3/h1,5-8H,9H2,2-3H3. The highest BCUT2D eigenvalue weighted by atomic mass is 16.6. The van der Waals surface area contributed by atoms with E-state index >= 15 is 0 Å². The number of benzene rings is 1. The zero-order valence-corrected chi connectivity index (χ0v) is 9.27. The van der Waals surface area contributed by atoms with E-state index in [1.54, 1.807) is 31.3 Å². The van der Waals surface area contributed by atoms with Crippen LogP contribution in [0.15, 0.2) is 24.3 Å². The van der Waals surface area contributed by atoms with Gasteiger partial charge in [-0.15, -0.1) is 6.42 Å². The molecule has 1 aromatic carbocycles. The van der Waals surface area contributed by atoms with Crippen molar-refractivity contribution in [3.8, 4) is 23.8 Å². The zero-order chi connectivity index (χ0) is 12.0. The van der Waals surface area contributed by atoms with E-state index < -0.39 is 6.09 Å². The molecule has 4 heteroatoms. The van der Waals surface area contributed by atoms with Crippen molar-refractivity contribution < 1.29 is 14.3 Å². The molecule has 0 N–H and O–H groups in total. The van der Waals surface area contributed by atoms with Gasteiger partial charge < -0.3 is 9.47 Å². The van der Waals surface area contributed by atoms with Crippen LogP contribution in [0.4, 0.5) is 4.79 Å². The number of carbonyl (C=O) groups is 1. The number of hydrogen-bond donors (Lipinski definition) is 0. The van der Waals surface area contributed by atoms with Crippen LogP contribution in [0.3, 0.4) is 0 Å². The van der Waals surface area contributed by atoms with Gasteiger partial charge in [-0.3, -0.25) is 4.90 Å². The largest absolute Gasteiger partial charge is 0.493 e. The van der Waals surface area contributed by atoms with Gasteiger partial charge >= 0.3 is 6.09 Å². The smallest absolute Gasteiger partial charge is 0.415 e. The summed E-state index contributed by atoms with van der Waals surface area (Å²) in [5.74, 6) is 3.24. The molecule has 0 heterocycles. The lowest BCUT2D eigenvalue weighted by Crippen LogP contribution is -2.30. The van der Waals surface area contributed by atoms with Gasteiger partial charge in [0.2, 0.25) is 0 Å². The number of para-hydroxylation sites is 2. The van der Waals surface area contributed by atoms with Gasteiger partial charge in [0, 0.05) is 7.05 Å². The number of nitrogens with zero attached hydrogens (tertiary/aromatic N) is 1. The predicted octanol–water partition coefficient (Wildman–Crippen LogP) is 1.76. The van der Waals surface area contributed by atoms with Crippen molar-refractivity contribution in [3.63, 3.8) is 0 Å². The number of ether oxygens (including phenoxy) is 2. The monoisotopic (exact) mass is 219 g/mol. The van der Waals surface area contributed by atoms with Crippen molar-refractivity contribution in [3.05, 3.63) is 24.3 Å². The lowest BCUT2D eigenvalue weighted by molar-refractivity contribution is 0.166. The fraction of sp³-hybridized carbons (Fsp3) is 0.250. The topological polar surface area (TPSA) is 38.8 Å². The summed E-state index contributed by atoms with van der Waals surface area (Å²) < 4.78 is 10.2. The van der Waals surface area contributed by atoms with E-state index in [9.17, 15) is 4.79 Å². The van der Waals surface area contributed by atoms with Crippen LogP contribution in [0, 0.1) is 12.3 Å². The summed E-state index contributed by atoms with van der Waals surface area (Å²) in [6.07, 6.45) is 4.58. The van der Waals surface area contributed by atoms with Crippen LogP contribution >= 0.6 is 0 Å². The Bertz CT molecular complexity index is 409. The molecular weight excluding hydrogens is 206 g/mol. The van der Waals surface area contributed by atoms with Crippen LogP contribution in [0.5, 0.6) is 11.5 Å². The first-order valence-corrected chi connectivity index (χ1v) is 4.68. The Labute approximate surface area is 94.8 Å². The lowest BCUT2D eigenvalue weighted by atomic mass is 10.3. The number of hydrogen-bond acceptors (Lipinski definition) is 3. The normalized spacial score (nSPS) is 9.06. The van der Waals surface area contributed by atoms with Crippen LogP contribution in [0.25, 0.3) is 0 Å². The van der Waals surface area contributed by atoms with Crippen LogP contribution in [-0.4, -0.2) is 31.7 Å². The molecule has 0 saturated heterocycles. The van der Waals surface area contributed by atoms with E-state index in [2.05, 4.69) is 5.92 Å². The van der Waals surface area contributed by atoms with Gasteiger partial charge in [0.05, 0.1) is 13.7 Å². The number of carbonyl (C=O) groups excluding carboxylic acids is 1. The van der Waals surface area contributed by atoms with Gasteiger partial charge in [0.1, 0.15) is 0 Å². The molecule has 84 valence electrons. The third-order valence-electron chi connectivity index (χ3n) is 1.91. The second-order valence-electron chi connectivity index (χ2n) is 3.08. The Balaban J connectivity index is 2.73. The van der Waals surface area contributed by atoms with Crippen LogP contribution in [0.2, 0.25) is 0 Å². The Hall–Kier alpha value is -2.15. The Kier molecular flexibility index (Phi) is 4.22. The molecule has 0 spiro atoms. The first-order valence-electron chi connectivity index (χ1n) is 4.68. The van der Waals surface area contributed by atoms with Gasteiger partial charge in [-0.2, -0.15) is 0 Å². The Morgan fingerprint density at radius 1 is 1.44 bits per heavy atom. The maximum atomic E-state index is 11.5. The molecule has 1 aromatic rings. The van der Waals surface area contributed by atoms with Crippen molar-refractivity contribution in [2.24, 2.45) is 0 Å². The molecule has 0 aliphatic rings. The molecule has 1 rings (SSSR count).